The van der Waals surface area contributed by atoms with Crippen molar-refractivity contribution >= 4 is 28.2 Å². The van der Waals surface area contributed by atoms with E-state index in [2.05, 4.69) is 43.1 Å². The summed E-state index contributed by atoms with van der Waals surface area (Å²) in [5.74, 6) is 0. The highest BCUT2D eigenvalue weighted by Crippen LogP contribution is 2.52. The molecule has 1 aromatic heterocycles. The summed E-state index contributed by atoms with van der Waals surface area (Å²) in [6.45, 7) is 4.44. The summed E-state index contributed by atoms with van der Waals surface area (Å²) in [4.78, 5) is 14.8. The normalized spacial score (nSPS) is 14.1. The number of benzene rings is 3. The third-order valence-corrected chi connectivity index (χ3v) is 6.01. The van der Waals surface area contributed by atoms with E-state index in [0.29, 0.717) is 10.6 Å². The largest absolute Gasteiger partial charge is 0.354 e. The Morgan fingerprint density at radius 2 is 1.71 bits per heavy atom. The zero-order chi connectivity index (χ0) is 19.6. The van der Waals surface area contributed by atoms with Crippen LogP contribution in [-0.2, 0) is 5.41 Å². The lowest BCUT2D eigenvalue weighted by molar-refractivity contribution is -0.384. The average Bonchev–Trinajstić information content (AvgIpc) is 3.16. The zero-order valence-electron chi connectivity index (χ0n) is 15.4. The van der Waals surface area contributed by atoms with Crippen LogP contribution >= 0.6 is 11.6 Å². The van der Waals surface area contributed by atoms with Crippen molar-refractivity contribution in [2.45, 2.75) is 19.3 Å². The van der Waals surface area contributed by atoms with Gasteiger partial charge in [-0.3, -0.25) is 10.1 Å². The van der Waals surface area contributed by atoms with E-state index in [0.717, 1.165) is 22.2 Å². The van der Waals surface area contributed by atoms with Crippen molar-refractivity contribution in [2.24, 2.45) is 0 Å². The Bertz CT molecular complexity index is 1290. The van der Waals surface area contributed by atoms with Crippen molar-refractivity contribution in [1.82, 2.24) is 4.98 Å². The van der Waals surface area contributed by atoms with Crippen LogP contribution < -0.4 is 0 Å². The number of aromatic nitrogens is 1. The van der Waals surface area contributed by atoms with Gasteiger partial charge in [0.05, 0.1) is 21.7 Å². The molecule has 0 spiro atoms. The summed E-state index contributed by atoms with van der Waals surface area (Å²) < 4.78 is 0. The molecule has 1 aliphatic carbocycles. The molecule has 1 heterocycles. The average molecular weight is 389 g/mol. The molecule has 5 heteroatoms. The Hall–Kier alpha value is -3.11. The van der Waals surface area contributed by atoms with Crippen LogP contribution in [0.1, 0.15) is 25.0 Å². The topological polar surface area (TPSA) is 58.9 Å². The standard InChI is InChI=1S/C23H17ClN2O2/c1-23(2)18-9-4-3-6-15(18)22-20(23)16-8-5-7-14(21(16)25-22)17-12-13(24)10-11-19(17)26(27)28/h3-12,25H,1-2H3. The van der Waals surface area contributed by atoms with Crippen molar-refractivity contribution in [3.8, 4) is 22.4 Å². The molecule has 0 saturated heterocycles. The molecule has 0 radical (unpaired) electrons. The van der Waals surface area contributed by atoms with Gasteiger partial charge in [0.15, 0.2) is 0 Å². The highest BCUT2D eigenvalue weighted by atomic mass is 35.5. The van der Waals surface area contributed by atoms with E-state index in [4.69, 9.17) is 11.6 Å². The summed E-state index contributed by atoms with van der Waals surface area (Å²) in [5, 5.41) is 13.2. The van der Waals surface area contributed by atoms with Gasteiger partial charge in [-0.05, 0) is 23.3 Å². The number of hydrogen-bond acceptors (Lipinski definition) is 2. The summed E-state index contributed by atoms with van der Waals surface area (Å²) >= 11 is 6.18. The number of H-pyrrole nitrogens is 1. The van der Waals surface area contributed by atoms with Crippen LogP contribution in [0.5, 0.6) is 0 Å². The van der Waals surface area contributed by atoms with Gasteiger partial charge >= 0.3 is 0 Å². The minimum atomic E-state index is -0.361. The Kier molecular flexibility index (Phi) is 3.46. The van der Waals surface area contributed by atoms with Crippen molar-refractivity contribution in [3.05, 3.63) is 86.9 Å². The number of halogens is 1. The maximum atomic E-state index is 11.6. The molecular formula is C23H17ClN2O2. The molecule has 0 atom stereocenters. The van der Waals surface area contributed by atoms with Gasteiger partial charge in [-0.25, -0.2) is 0 Å². The second-order valence-corrected chi connectivity index (χ2v) is 8.13. The third kappa shape index (κ3) is 2.18. The highest BCUT2D eigenvalue weighted by Gasteiger charge is 2.38. The van der Waals surface area contributed by atoms with Crippen LogP contribution in [0.4, 0.5) is 5.69 Å². The zero-order valence-corrected chi connectivity index (χ0v) is 16.2. The van der Waals surface area contributed by atoms with Gasteiger partial charge in [0, 0.05) is 33.0 Å². The van der Waals surface area contributed by atoms with Crippen LogP contribution in [0.3, 0.4) is 0 Å². The molecular weight excluding hydrogens is 372 g/mol. The Morgan fingerprint density at radius 3 is 2.50 bits per heavy atom. The lowest BCUT2D eigenvalue weighted by Gasteiger charge is -2.21. The molecule has 0 fully saturated rings. The van der Waals surface area contributed by atoms with Gasteiger partial charge < -0.3 is 4.98 Å². The molecule has 1 N–H and O–H groups in total. The maximum Gasteiger partial charge on any atom is 0.277 e. The number of nitro groups is 1. The number of para-hydroxylation sites is 1. The SMILES string of the molecule is CC1(C)c2ccccc2-c2[nH]c3c(-c4cc(Cl)ccc4[N+](=O)[O-])cccc3c21. The number of nitro benzene ring substituents is 1. The first-order valence-electron chi connectivity index (χ1n) is 9.09. The molecule has 0 amide bonds. The molecule has 3 aromatic carbocycles. The second-order valence-electron chi connectivity index (χ2n) is 7.69. The Morgan fingerprint density at radius 1 is 0.964 bits per heavy atom. The fourth-order valence-corrected chi connectivity index (χ4v) is 4.73. The van der Waals surface area contributed by atoms with Gasteiger partial charge in [0.2, 0.25) is 0 Å². The van der Waals surface area contributed by atoms with Gasteiger partial charge in [0.1, 0.15) is 0 Å². The lowest BCUT2D eigenvalue weighted by Crippen LogP contribution is -2.14. The monoisotopic (exact) mass is 388 g/mol. The van der Waals surface area contributed by atoms with Crippen LogP contribution in [0.25, 0.3) is 33.3 Å². The molecule has 0 unspecified atom stereocenters. The number of nitrogens with zero attached hydrogens (tertiary/aromatic N) is 1. The molecule has 4 aromatic rings. The predicted octanol–water partition coefficient (Wildman–Crippen LogP) is 6.70. The van der Waals surface area contributed by atoms with E-state index in [-0.39, 0.29) is 16.0 Å². The first kappa shape index (κ1) is 17.0. The van der Waals surface area contributed by atoms with Crippen molar-refractivity contribution in [3.63, 3.8) is 0 Å². The third-order valence-electron chi connectivity index (χ3n) is 5.77. The molecule has 0 aliphatic heterocycles. The molecule has 0 saturated carbocycles. The number of fused-ring (bicyclic) bond motifs is 5. The van der Waals surface area contributed by atoms with Gasteiger partial charge in [-0.2, -0.15) is 0 Å². The second kappa shape index (κ2) is 5.69. The van der Waals surface area contributed by atoms with Gasteiger partial charge in [-0.1, -0.05) is 67.9 Å². The van der Waals surface area contributed by atoms with E-state index in [9.17, 15) is 10.1 Å². The fraction of sp³-hybridized carbons (Fsp3) is 0.130. The van der Waals surface area contributed by atoms with Crippen LogP contribution in [0.2, 0.25) is 5.02 Å². The van der Waals surface area contributed by atoms with Crippen LogP contribution in [0, 0.1) is 10.1 Å². The minimum Gasteiger partial charge on any atom is -0.354 e. The predicted molar refractivity (Wildman–Crippen MR) is 113 cm³/mol. The summed E-state index contributed by atoms with van der Waals surface area (Å²) in [7, 11) is 0. The molecule has 4 nitrogen and oxygen atoms in total. The first-order valence-corrected chi connectivity index (χ1v) is 9.47. The van der Waals surface area contributed by atoms with E-state index in [1.54, 1.807) is 12.1 Å². The van der Waals surface area contributed by atoms with Gasteiger partial charge in [0.25, 0.3) is 5.69 Å². The molecule has 0 bridgehead atoms. The van der Waals surface area contributed by atoms with Crippen molar-refractivity contribution in [2.75, 3.05) is 0 Å². The lowest BCUT2D eigenvalue weighted by atomic mass is 9.81. The highest BCUT2D eigenvalue weighted by molar-refractivity contribution is 6.31. The van der Waals surface area contributed by atoms with Crippen molar-refractivity contribution < 1.29 is 4.92 Å². The van der Waals surface area contributed by atoms with E-state index in [1.807, 2.05) is 18.2 Å². The van der Waals surface area contributed by atoms with Crippen molar-refractivity contribution in [1.29, 1.82) is 0 Å². The number of hydrogen-bond donors (Lipinski definition) is 1. The van der Waals surface area contributed by atoms with Crippen LogP contribution in [-0.4, -0.2) is 9.91 Å². The number of rotatable bonds is 2. The summed E-state index contributed by atoms with van der Waals surface area (Å²) in [5.41, 5.74) is 6.91. The van der Waals surface area contributed by atoms with Gasteiger partial charge in [-0.15, -0.1) is 0 Å². The Labute approximate surface area is 166 Å². The van der Waals surface area contributed by atoms with E-state index >= 15 is 0 Å². The van der Waals surface area contributed by atoms with Crippen LogP contribution in [0.15, 0.2) is 60.7 Å². The van der Waals surface area contributed by atoms with E-state index in [1.165, 1.54) is 22.8 Å². The minimum absolute atomic E-state index is 0.0475. The first-order chi connectivity index (χ1) is 13.4. The summed E-state index contributed by atoms with van der Waals surface area (Å²) in [6.07, 6.45) is 0. The molecule has 1 aliphatic rings. The van der Waals surface area contributed by atoms with E-state index < -0.39 is 0 Å². The molecule has 138 valence electrons. The quantitative estimate of drug-likeness (QED) is 0.306. The smallest absolute Gasteiger partial charge is 0.277 e. The molecule has 5 rings (SSSR count). The Balaban J connectivity index is 1.86. The molecule has 28 heavy (non-hydrogen) atoms. The fourth-order valence-electron chi connectivity index (χ4n) is 4.56. The number of nitrogens with one attached hydrogen (secondary N) is 1. The summed E-state index contributed by atoms with van der Waals surface area (Å²) in [6, 6.07) is 19.0. The number of aromatic amines is 1. The maximum absolute atomic E-state index is 11.6.